The van der Waals surface area contributed by atoms with Crippen LogP contribution >= 0.6 is 11.3 Å². The summed E-state index contributed by atoms with van der Waals surface area (Å²) >= 11 is 1.58. The predicted molar refractivity (Wildman–Crippen MR) is 61.9 cm³/mol. The topological polar surface area (TPSA) is 42.0 Å². The van der Waals surface area contributed by atoms with Crippen molar-refractivity contribution in [2.75, 3.05) is 5.32 Å². The number of carbonyl (C=O) groups is 1. The van der Waals surface area contributed by atoms with E-state index in [1.165, 1.54) is 6.92 Å². The van der Waals surface area contributed by atoms with E-state index in [2.05, 4.69) is 10.3 Å². The zero-order chi connectivity index (χ0) is 10.7. The zero-order valence-corrected chi connectivity index (χ0v) is 9.04. The van der Waals surface area contributed by atoms with Crippen molar-refractivity contribution in [3.8, 4) is 10.6 Å². The van der Waals surface area contributed by atoms with Crippen LogP contribution in [0, 0.1) is 0 Å². The zero-order valence-electron chi connectivity index (χ0n) is 8.23. The minimum Gasteiger partial charge on any atom is -0.326 e. The third-order valence-corrected chi connectivity index (χ3v) is 2.68. The fourth-order valence-corrected chi connectivity index (χ4v) is 1.93. The van der Waals surface area contributed by atoms with Crippen LogP contribution in [0.25, 0.3) is 10.6 Å². The van der Waals surface area contributed by atoms with Crippen LogP contribution in [0.3, 0.4) is 0 Å². The summed E-state index contributed by atoms with van der Waals surface area (Å²) in [5.41, 5.74) is 1.83. The van der Waals surface area contributed by atoms with E-state index in [-0.39, 0.29) is 5.91 Å². The monoisotopic (exact) mass is 218 g/mol. The molecule has 1 aromatic heterocycles. The first-order valence-corrected chi connectivity index (χ1v) is 5.41. The summed E-state index contributed by atoms with van der Waals surface area (Å²) in [5, 5.41) is 5.64. The van der Waals surface area contributed by atoms with Gasteiger partial charge < -0.3 is 5.32 Å². The van der Waals surface area contributed by atoms with Gasteiger partial charge in [-0.1, -0.05) is 12.1 Å². The third kappa shape index (κ3) is 2.41. The van der Waals surface area contributed by atoms with Gasteiger partial charge in [0.05, 0.1) is 0 Å². The van der Waals surface area contributed by atoms with Gasteiger partial charge in [0.1, 0.15) is 5.01 Å². The summed E-state index contributed by atoms with van der Waals surface area (Å²) < 4.78 is 0. The normalized spacial score (nSPS) is 9.93. The standard InChI is InChI=1S/C11H10N2OS/c1-8(14)13-10-4-2-3-9(7-10)11-12-5-6-15-11/h2-7H,1H3,(H,13,14). The molecule has 1 heterocycles. The highest BCUT2D eigenvalue weighted by Gasteiger charge is 2.01. The SMILES string of the molecule is CC(=O)Nc1cccc(-c2nccs2)c1. The van der Waals surface area contributed by atoms with Crippen molar-refractivity contribution in [1.29, 1.82) is 0 Å². The molecule has 2 rings (SSSR count). The fourth-order valence-electron chi connectivity index (χ4n) is 1.30. The number of thiazole rings is 1. The van der Waals surface area contributed by atoms with Crippen molar-refractivity contribution < 1.29 is 4.79 Å². The lowest BCUT2D eigenvalue weighted by molar-refractivity contribution is -0.114. The number of hydrogen-bond acceptors (Lipinski definition) is 3. The summed E-state index contributed by atoms with van der Waals surface area (Å²) in [6.07, 6.45) is 1.77. The van der Waals surface area contributed by atoms with Crippen LogP contribution in [0.5, 0.6) is 0 Å². The minimum absolute atomic E-state index is 0.0636. The first kappa shape index (κ1) is 9.86. The molecule has 3 nitrogen and oxygen atoms in total. The molecule has 0 bridgehead atoms. The summed E-state index contributed by atoms with van der Waals surface area (Å²) in [4.78, 5) is 15.1. The average Bonchev–Trinajstić information content (AvgIpc) is 2.69. The summed E-state index contributed by atoms with van der Waals surface area (Å²) in [6.45, 7) is 1.50. The van der Waals surface area contributed by atoms with Gasteiger partial charge in [0.15, 0.2) is 0 Å². The Hall–Kier alpha value is -1.68. The molecule has 2 aromatic rings. The van der Waals surface area contributed by atoms with Gasteiger partial charge in [-0.3, -0.25) is 4.79 Å². The van der Waals surface area contributed by atoms with Crippen LogP contribution in [0.15, 0.2) is 35.8 Å². The van der Waals surface area contributed by atoms with Gasteiger partial charge in [-0.25, -0.2) is 4.98 Å². The first-order valence-electron chi connectivity index (χ1n) is 4.53. The van der Waals surface area contributed by atoms with Crippen molar-refractivity contribution >= 4 is 22.9 Å². The van der Waals surface area contributed by atoms with Crippen LogP contribution in [-0.4, -0.2) is 10.9 Å². The van der Waals surface area contributed by atoms with E-state index in [0.717, 1.165) is 16.3 Å². The number of nitrogens with zero attached hydrogens (tertiary/aromatic N) is 1. The first-order chi connectivity index (χ1) is 7.25. The maximum atomic E-state index is 10.9. The van der Waals surface area contributed by atoms with E-state index >= 15 is 0 Å². The van der Waals surface area contributed by atoms with Crippen molar-refractivity contribution in [1.82, 2.24) is 4.98 Å². The van der Waals surface area contributed by atoms with Gasteiger partial charge in [-0.15, -0.1) is 11.3 Å². The van der Waals surface area contributed by atoms with E-state index in [4.69, 9.17) is 0 Å². The van der Waals surface area contributed by atoms with Gasteiger partial charge in [0, 0.05) is 29.8 Å². The van der Waals surface area contributed by atoms with Crippen LogP contribution < -0.4 is 5.32 Å². The highest BCUT2D eigenvalue weighted by molar-refractivity contribution is 7.13. The molecule has 0 saturated carbocycles. The van der Waals surface area contributed by atoms with Crippen LogP contribution in [0.1, 0.15) is 6.92 Å². The second-order valence-electron chi connectivity index (χ2n) is 3.10. The lowest BCUT2D eigenvalue weighted by Crippen LogP contribution is -2.05. The second-order valence-corrected chi connectivity index (χ2v) is 3.99. The number of amides is 1. The summed E-state index contributed by atoms with van der Waals surface area (Å²) in [6, 6.07) is 7.66. The molecule has 0 atom stereocenters. The van der Waals surface area contributed by atoms with Crippen molar-refractivity contribution in [3.63, 3.8) is 0 Å². The Labute approximate surface area is 91.8 Å². The Kier molecular flexibility index (Phi) is 2.78. The van der Waals surface area contributed by atoms with Crippen LogP contribution in [-0.2, 0) is 4.79 Å². The largest absolute Gasteiger partial charge is 0.326 e. The van der Waals surface area contributed by atoms with E-state index in [9.17, 15) is 4.79 Å². The molecule has 0 aliphatic rings. The highest BCUT2D eigenvalue weighted by Crippen LogP contribution is 2.24. The number of aromatic nitrogens is 1. The van der Waals surface area contributed by atoms with E-state index < -0.39 is 0 Å². The smallest absolute Gasteiger partial charge is 0.221 e. The maximum absolute atomic E-state index is 10.9. The summed E-state index contributed by atoms with van der Waals surface area (Å²) in [7, 11) is 0. The van der Waals surface area contributed by atoms with Crippen molar-refractivity contribution in [2.24, 2.45) is 0 Å². The van der Waals surface area contributed by atoms with Gasteiger partial charge in [-0.05, 0) is 12.1 Å². The molecular weight excluding hydrogens is 208 g/mol. The molecule has 15 heavy (non-hydrogen) atoms. The Morgan fingerprint density at radius 2 is 2.33 bits per heavy atom. The molecule has 4 heteroatoms. The lowest BCUT2D eigenvalue weighted by Gasteiger charge is -2.03. The predicted octanol–water partition coefficient (Wildman–Crippen LogP) is 2.77. The summed E-state index contributed by atoms with van der Waals surface area (Å²) in [5.74, 6) is -0.0636. The molecule has 0 aliphatic carbocycles. The molecular formula is C11H10N2OS. The van der Waals surface area contributed by atoms with E-state index in [0.29, 0.717) is 0 Å². The molecule has 0 radical (unpaired) electrons. The number of rotatable bonds is 2. The molecule has 0 aliphatic heterocycles. The highest BCUT2D eigenvalue weighted by atomic mass is 32.1. The van der Waals surface area contributed by atoms with Gasteiger partial charge in [-0.2, -0.15) is 0 Å². The Morgan fingerprint density at radius 3 is 3.00 bits per heavy atom. The molecule has 0 fully saturated rings. The third-order valence-electron chi connectivity index (χ3n) is 1.86. The number of carbonyl (C=O) groups excluding carboxylic acids is 1. The van der Waals surface area contributed by atoms with E-state index in [1.54, 1.807) is 17.5 Å². The number of nitrogens with one attached hydrogen (secondary N) is 1. The number of anilines is 1. The lowest BCUT2D eigenvalue weighted by atomic mass is 10.2. The molecule has 76 valence electrons. The van der Waals surface area contributed by atoms with Crippen LogP contribution in [0.2, 0.25) is 0 Å². The average molecular weight is 218 g/mol. The molecule has 0 unspecified atom stereocenters. The maximum Gasteiger partial charge on any atom is 0.221 e. The van der Waals surface area contributed by atoms with Crippen molar-refractivity contribution in [3.05, 3.63) is 35.8 Å². The second kappa shape index (κ2) is 4.23. The Morgan fingerprint density at radius 1 is 1.47 bits per heavy atom. The molecule has 1 N–H and O–H groups in total. The Bertz CT molecular complexity index is 465. The minimum atomic E-state index is -0.0636. The molecule has 0 saturated heterocycles. The van der Waals surface area contributed by atoms with Crippen molar-refractivity contribution in [2.45, 2.75) is 6.92 Å². The van der Waals surface area contributed by atoms with Crippen LogP contribution in [0.4, 0.5) is 5.69 Å². The van der Waals surface area contributed by atoms with Gasteiger partial charge in [0.2, 0.25) is 5.91 Å². The van der Waals surface area contributed by atoms with Gasteiger partial charge >= 0.3 is 0 Å². The fraction of sp³-hybridized carbons (Fsp3) is 0.0909. The molecule has 1 aromatic carbocycles. The number of hydrogen-bond donors (Lipinski definition) is 1. The van der Waals surface area contributed by atoms with Gasteiger partial charge in [0.25, 0.3) is 0 Å². The quantitative estimate of drug-likeness (QED) is 0.842. The molecule has 1 amide bonds. The van der Waals surface area contributed by atoms with E-state index in [1.807, 2.05) is 29.6 Å². The Balaban J connectivity index is 2.31. The molecule has 0 spiro atoms. The number of benzene rings is 1.